The Labute approximate surface area is 127 Å². The molecule has 0 unspecified atom stereocenters. The quantitative estimate of drug-likeness (QED) is 0.826. The molecule has 0 aliphatic rings. The number of thiocarbonyl (C=S) groups is 1. The van der Waals surface area contributed by atoms with E-state index >= 15 is 0 Å². The van der Waals surface area contributed by atoms with E-state index in [2.05, 4.69) is 15.3 Å². The van der Waals surface area contributed by atoms with Crippen LogP contribution >= 0.6 is 23.8 Å². The Morgan fingerprint density at radius 3 is 2.95 bits per heavy atom. The molecule has 5 nitrogen and oxygen atoms in total. The lowest BCUT2D eigenvalue weighted by Gasteiger charge is -2.11. The first-order valence-electron chi connectivity index (χ1n) is 5.80. The van der Waals surface area contributed by atoms with E-state index in [1.54, 1.807) is 25.4 Å². The molecular weight excluding hydrogens is 296 g/mol. The number of ether oxygens (including phenoxy) is 1. The van der Waals surface area contributed by atoms with Crippen LogP contribution in [-0.4, -0.2) is 22.1 Å². The Bertz CT molecular complexity index is 636. The number of halogens is 1. The molecule has 1 heterocycles. The van der Waals surface area contributed by atoms with Crippen LogP contribution in [0.2, 0.25) is 5.02 Å². The normalized spacial score (nSPS) is 10.1. The van der Waals surface area contributed by atoms with Gasteiger partial charge in [0.2, 0.25) is 5.95 Å². The van der Waals surface area contributed by atoms with Crippen molar-refractivity contribution in [3.63, 3.8) is 0 Å². The molecule has 2 aromatic rings. The predicted molar refractivity (Wildman–Crippen MR) is 83.3 cm³/mol. The van der Waals surface area contributed by atoms with E-state index in [-0.39, 0.29) is 4.99 Å². The molecule has 0 atom stereocenters. The number of methoxy groups -OCH3 is 1. The van der Waals surface area contributed by atoms with Crippen molar-refractivity contribution in [3.8, 4) is 5.75 Å². The van der Waals surface area contributed by atoms with E-state index in [0.717, 1.165) is 5.56 Å². The third-order valence-electron chi connectivity index (χ3n) is 2.63. The number of nitrogens with one attached hydrogen (secondary N) is 1. The number of rotatable bonds is 5. The molecule has 0 saturated heterocycles. The lowest BCUT2D eigenvalue weighted by atomic mass is 10.2. The minimum absolute atomic E-state index is 0.228. The van der Waals surface area contributed by atoms with Gasteiger partial charge < -0.3 is 15.8 Å². The predicted octanol–water partition coefficient (Wildman–Crippen LogP) is 2.38. The van der Waals surface area contributed by atoms with Gasteiger partial charge in [-0.25, -0.2) is 9.97 Å². The van der Waals surface area contributed by atoms with Crippen LogP contribution in [0.3, 0.4) is 0 Å². The Balaban J connectivity index is 2.17. The van der Waals surface area contributed by atoms with Crippen molar-refractivity contribution in [1.82, 2.24) is 9.97 Å². The highest BCUT2D eigenvalue weighted by Crippen LogP contribution is 2.26. The maximum atomic E-state index is 6.15. The van der Waals surface area contributed by atoms with Gasteiger partial charge in [-0.2, -0.15) is 0 Å². The monoisotopic (exact) mass is 308 g/mol. The van der Waals surface area contributed by atoms with E-state index in [1.807, 2.05) is 12.1 Å². The minimum Gasteiger partial charge on any atom is -0.496 e. The van der Waals surface area contributed by atoms with Crippen LogP contribution in [0.4, 0.5) is 5.95 Å². The van der Waals surface area contributed by atoms with Crippen molar-refractivity contribution in [2.24, 2.45) is 5.73 Å². The van der Waals surface area contributed by atoms with Crippen LogP contribution in [0, 0.1) is 0 Å². The highest BCUT2D eigenvalue weighted by atomic mass is 35.5. The molecule has 1 aromatic heterocycles. The molecule has 0 amide bonds. The summed E-state index contributed by atoms with van der Waals surface area (Å²) in [6.07, 6.45) is 1.59. The summed E-state index contributed by atoms with van der Waals surface area (Å²) in [7, 11) is 1.60. The fourth-order valence-electron chi connectivity index (χ4n) is 1.65. The van der Waals surface area contributed by atoms with Gasteiger partial charge in [-0.1, -0.05) is 29.9 Å². The van der Waals surface area contributed by atoms with Gasteiger partial charge in [0.25, 0.3) is 0 Å². The van der Waals surface area contributed by atoms with Crippen molar-refractivity contribution in [1.29, 1.82) is 0 Å². The summed E-state index contributed by atoms with van der Waals surface area (Å²) in [5.41, 5.74) is 6.88. The van der Waals surface area contributed by atoms with Crippen LogP contribution in [0.1, 0.15) is 11.3 Å². The van der Waals surface area contributed by atoms with E-state index in [1.165, 1.54) is 0 Å². The molecule has 1 aromatic carbocycles. The Kier molecular flexibility index (Phi) is 4.70. The molecule has 20 heavy (non-hydrogen) atoms. The number of benzene rings is 1. The Morgan fingerprint density at radius 1 is 1.45 bits per heavy atom. The minimum atomic E-state index is 0.228. The molecule has 0 bridgehead atoms. The number of hydrogen-bond donors (Lipinski definition) is 2. The van der Waals surface area contributed by atoms with Gasteiger partial charge in [-0.15, -0.1) is 0 Å². The highest BCUT2D eigenvalue weighted by Gasteiger charge is 2.08. The zero-order chi connectivity index (χ0) is 14.5. The van der Waals surface area contributed by atoms with Gasteiger partial charge in [-0.3, -0.25) is 0 Å². The lowest BCUT2D eigenvalue weighted by Crippen LogP contribution is -2.14. The van der Waals surface area contributed by atoms with E-state index in [9.17, 15) is 0 Å². The molecular formula is C13H13ClN4OS. The molecule has 0 aliphatic carbocycles. The fourth-order valence-corrected chi connectivity index (χ4v) is 2.00. The van der Waals surface area contributed by atoms with Gasteiger partial charge in [-0.05, 0) is 18.2 Å². The van der Waals surface area contributed by atoms with Crippen molar-refractivity contribution in [2.45, 2.75) is 6.54 Å². The Hall–Kier alpha value is -1.92. The van der Waals surface area contributed by atoms with E-state index in [0.29, 0.717) is 29.0 Å². The summed E-state index contributed by atoms with van der Waals surface area (Å²) in [5, 5.41) is 3.68. The average molecular weight is 309 g/mol. The molecule has 2 rings (SSSR count). The first-order valence-corrected chi connectivity index (χ1v) is 6.58. The largest absolute Gasteiger partial charge is 0.496 e. The van der Waals surface area contributed by atoms with Crippen LogP contribution in [0.15, 0.2) is 30.5 Å². The molecule has 0 saturated carbocycles. The number of nitrogens with two attached hydrogens (primary N) is 1. The number of anilines is 1. The van der Waals surface area contributed by atoms with Gasteiger partial charge in [0, 0.05) is 23.3 Å². The molecule has 0 fully saturated rings. The summed E-state index contributed by atoms with van der Waals surface area (Å²) < 4.78 is 5.27. The zero-order valence-corrected chi connectivity index (χ0v) is 12.3. The van der Waals surface area contributed by atoms with Crippen molar-refractivity contribution in [2.75, 3.05) is 12.4 Å². The maximum Gasteiger partial charge on any atom is 0.223 e. The Morgan fingerprint density at radius 2 is 2.25 bits per heavy atom. The molecule has 0 radical (unpaired) electrons. The topological polar surface area (TPSA) is 73.1 Å². The van der Waals surface area contributed by atoms with Gasteiger partial charge >= 0.3 is 0 Å². The summed E-state index contributed by atoms with van der Waals surface area (Å²) >= 11 is 11.0. The van der Waals surface area contributed by atoms with Crippen molar-refractivity contribution in [3.05, 3.63) is 46.7 Å². The second-order valence-corrected chi connectivity index (χ2v) is 4.75. The summed E-state index contributed by atoms with van der Waals surface area (Å²) in [6.45, 7) is 0.434. The standard InChI is InChI=1S/C13H13ClN4OS/c1-19-11-4-2-3-9(14)8(11)7-17-13-16-6-5-10(18-13)12(15)20/h2-6H,7H2,1H3,(H2,15,20)(H,16,17,18). The van der Waals surface area contributed by atoms with Crippen LogP contribution in [-0.2, 0) is 6.54 Å². The second-order valence-electron chi connectivity index (χ2n) is 3.90. The first kappa shape index (κ1) is 14.5. The van der Waals surface area contributed by atoms with Crippen LogP contribution in [0.5, 0.6) is 5.75 Å². The third-order valence-corrected chi connectivity index (χ3v) is 3.19. The lowest BCUT2D eigenvalue weighted by molar-refractivity contribution is 0.410. The van der Waals surface area contributed by atoms with Gasteiger partial charge in [0.1, 0.15) is 16.4 Å². The third kappa shape index (κ3) is 3.34. The first-order chi connectivity index (χ1) is 9.61. The molecule has 0 spiro atoms. The number of hydrogen-bond acceptors (Lipinski definition) is 5. The fraction of sp³-hybridized carbons (Fsp3) is 0.154. The maximum absolute atomic E-state index is 6.15. The summed E-state index contributed by atoms with van der Waals surface area (Å²) in [4.78, 5) is 8.53. The molecule has 3 N–H and O–H groups in total. The summed E-state index contributed by atoms with van der Waals surface area (Å²) in [6, 6.07) is 7.13. The smallest absolute Gasteiger partial charge is 0.223 e. The number of nitrogens with zero attached hydrogens (tertiary/aromatic N) is 2. The zero-order valence-electron chi connectivity index (χ0n) is 10.8. The molecule has 104 valence electrons. The number of aromatic nitrogens is 2. The summed E-state index contributed by atoms with van der Waals surface area (Å²) in [5.74, 6) is 1.13. The van der Waals surface area contributed by atoms with Crippen LogP contribution in [0.25, 0.3) is 0 Å². The van der Waals surface area contributed by atoms with E-state index < -0.39 is 0 Å². The van der Waals surface area contributed by atoms with Crippen LogP contribution < -0.4 is 15.8 Å². The average Bonchev–Trinajstić information content (AvgIpc) is 2.46. The van der Waals surface area contributed by atoms with E-state index in [4.69, 9.17) is 34.3 Å². The van der Waals surface area contributed by atoms with Gasteiger partial charge in [0.05, 0.1) is 7.11 Å². The van der Waals surface area contributed by atoms with Crippen molar-refractivity contribution < 1.29 is 4.74 Å². The second kappa shape index (κ2) is 6.49. The highest BCUT2D eigenvalue weighted by molar-refractivity contribution is 7.80. The SMILES string of the molecule is COc1cccc(Cl)c1CNc1nccc(C(N)=S)n1. The molecule has 7 heteroatoms. The van der Waals surface area contributed by atoms with Gasteiger partial charge in [0.15, 0.2) is 0 Å². The van der Waals surface area contributed by atoms with Crippen molar-refractivity contribution >= 4 is 34.8 Å². The molecule has 0 aliphatic heterocycles.